The SMILES string of the molecule is COc1cc(C)c(S(=O)(=O)N2CCCC2CN)cc1C.Cl. The fourth-order valence-electron chi connectivity index (χ4n) is 2.75. The largest absolute Gasteiger partial charge is 0.496 e. The zero-order valence-electron chi connectivity index (χ0n) is 12.6. The number of ether oxygens (including phenoxy) is 1. The normalized spacial score (nSPS) is 19.3. The quantitative estimate of drug-likeness (QED) is 0.912. The molecule has 1 unspecified atom stereocenters. The summed E-state index contributed by atoms with van der Waals surface area (Å²) in [5, 5.41) is 0. The second-order valence-corrected chi connectivity index (χ2v) is 7.09. The Labute approximate surface area is 132 Å². The number of halogens is 1. The molecule has 2 rings (SSSR count). The maximum Gasteiger partial charge on any atom is 0.243 e. The number of hydrogen-bond acceptors (Lipinski definition) is 4. The topological polar surface area (TPSA) is 72.6 Å². The minimum Gasteiger partial charge on any atom is -0.496 e. The molecule has 0 amide bonds. The van der Waals surface area contributed by atoms with E-state index < -0.39 is 10.0 Å². The standard InChI is InChI=1S/C14H22N2O3S.ClH/c1-10-8-14(11(2)7-13(10)19-3)20(17,18)16-6-4-5-12(16)9-15;/h7-8,12H,4-6,9,15H2,1-3H3;1H. The van der Waals surface area contributed by atoms with E-state index in [0.29, 0.717) is 29.3 Å². The molecule has 0 radical (unpaired) electrons. The van der Waals surface area contributed by atoms with E-state index in [-0.39, 0.29) is 18.4 Å². The summed E-state index contributed by atoms with van der Waals surface area (Å²) in [6.45, 7) is 4.56. The van der Waals surface area contributed by atoms with E-state index in [1.165, 1.54) is 0 Å². The van der Waals surface area contributed by atoms with Gasteiger partial charge >= 0.3 is 0 Å². The predicted octanol–water partition coefficient (Wildman–Crippen LogP) is 1.85. The van der Waals surface area contributed by atoms with Gasteiger partial charge in [0.15, 0.2) is 0 Å². The first kappa shape index (κ1) is 18.2. The van der Waals surface area contributed by atoms with Gasteiger partial charge in [0.25, 0.3) is 0 Å². The summed E-state index contributed by atoms with van der Waals surface area (Å²) in [5.41, 5.74) is 7.21. The van der Waals surface area contributed by atoms with Gasteiger partial charge in [0.2, 0.25) is 10.0 Å². The third-order valence-corrected chi connectivity index (χ3v) is 5.97. The van der Waals surface area contributed by atoms with Crippen molar-refractivity contribution in [2.24, 2.45) is 5.73 Å². The number of nitrogens with zero attached hydrogens (tertiary/aromatic N) is 1. The summed E-state index contributed by atoms with van der Waals surface area (Å²) < 4.78 is 32.4. The van der Waals surface area contributed by atoms with Crippen LogP contribution in [0.5, 0.6) is 5.75 Å². The molecule has 0 bridgehead atoms. The zero-order chi connectivity index (χ0) is 14.9. The van der Waals surface area contributed by atoms with Crippen LogP contribution >= 0.6 is 12.4 Å². The van der Waals surface area contributed by atoms with Gasteiger partial charge in [0.05, 0.1) is 12.0 Å². The van der Waals surface area contributed by atoms with Crippen molar-refractivity contribution in [1.29, 1.82) is 0 Å². The average Bonchev–Trinajstić information content (AvgIpc) is 2.89. The van der Waals surface area contributed by atoms with Gasteiger partial charge in [0.1, 0.15) is 5.75 Å². The van der Waals surface area contributed by atoms with E-state index in [0.717, 1.165) is 18.4 Å². The lowest BCUT2D eigenvalue weighted by Crippen LogP contribution is -2.40. The molecule has 5 nitrogen and oxygen atoms in total. The molecule has 0 spiro atoms. The van der Waals surface area contributed by atoms with Crippen LogP contribution in [-0.4, -0.2) is 39.0 Å². The monoisotopic (exact) mass is 334 g/mol. The highest BCUT2D eigenvalue weighted by atomic mass is 35.5. The van der Waals surface area contributed by atoms with Gasteiger partial charge in [0, 0.05) is 19.1 Å². The van der Waals surface area contributed by atoms with Crippen molar-refractivity contribution < 1.29 is 13.2 Å². The number of rotatable bonds is 4. The molecular weight excluding hydrogens is 312 g/mol. The summed E-state index contributed by atoms with van der Waals surface area (Å²) in [7, 11) is -1.90. The summed E-state index contributed by atoms with van der Waals surface area (Å²) in [6, 6.07) is 3.38. The van der Waals surface area contributed by atoms with Gasteiger partial charge in [-0.1, -0.05) is 0 Å². The van der Waals surface area contributed by atoms with Gasteiger partial charge < -0.3 is 10.5 Å². The molecule has 21 heavy (non-hydrogen) atoms. The van der Waals surface area contributed by atoms with Crippen LogP contribution in [0.2, 0.25) is 0 Å². The number of sulfonamides is 1. The lowest BCUT2D eigenvalue weighted by atomic mass is 10.1. The van der Waals surface area contributed by atoms with Crippen molar-refractivity contribution in [2.45, 2.75) is 37.6 Å². The predicted molar refractivity (Wildman–Crippen MR) is 85.7 cm³/mol. The first-order valence-corrected chi connectivity index (χ1v) is 8.23. The van der Waals surface area contributed by atoms with Gasteiger partial charge in [-0.15, -0.1) is 12.4 Å². The van der Waals surface area contributed by atoms with E-state index in [1.54, 1.807) is 30.5 Å². The van der Waals surface area contributed by atoms with Crippen molar-refractivity contribution in [1.82, 2.24) is 4.31 Å². The number of benzene rings is 1. The Morgan fingerprint density at radius 1 is 1.33 bits per heavy atom. The Morgan fingerprint density at radius 2 is 2.00 bits per heavy atom. The van der Waals surface area contributed by atoms with Gasteiger partial charge in [-0.05, 0) is 49.9 Å². The van der Waals surface area contributed by atoms with E-state index in [9.17, 15) is 8.42 Å². The lowest BCUT2D eigenvalue weighted by molar-refractivity contribution is 0.392. The summed E-state index contributed by atoms with van der Waals surface area (Å²) >= 11 is 0. The van der Waals surface area contributed by atoms with Gasteiger partial charge in [-0.25, -0.2) is 8.42 Å². The highest BCUT2D eigenvalue weighted by Crippen LogP contribution is 2.31. The minimum atomic E-state index is -3.48. The third-order valence-electron chi connectivity index (χ3n) is 3.87. The molecule has 1 heterocycles. The molecule has 1 aromatic carbocycles. The van der Waals surface area contributed by atoms with E-state index in [4.69, 9.17) is 10.5 Å². The van der Waals surface area contributed by atoms with E-state index in [1.807, 2.05) is 6.92 Å². The van der Waals surface area contributed by atoms with Crippen LogP contribution < -0.4 is 10.5 Å². The highest BCUT2D eigenvalue weighted by molar-refractivity contribution is 7.89. The van der Waals surface area contributed by atoms with E-state index >= 15 is 0 Å². The van der Waals surface area contributed by atoms with Crippen LogP contribution in [0.25, 0.3) is 0 Å². The van der Waals surface area contributed by atoms with Crippen LogP contribution in [0.3, 0.4) is 0 Å². The number of aryl methyl sites for hydroxylation is 2. The van der Waals surface area contributed by atoms with Gasteiger partial charge in [-0.2, -0.15) is 4.31 Å². The van der Waals surface area contributed by atoms with Crippen molar-refractivity contribution in [3.8, 4) is 5.75 Å². The molecular formula is C14H23ClN2O3S. The summed E-state index contributed by atoms with van der Waals surface area (Å²) in [6.07, 6.45) is 1.71. The first-order chi connectivity index (χ1) is 9.41. The molecule has 1 saturated heterocycles. The number of hydrogen-bond donors (Lipinski definition) is 1. The molecule has 1 fully saturated rings. The molecule has 2 N–H and O–H groups in total. The molecule has 0 aliphatic carbocycles. The highest BCUT2D eigenvalue weighted by Gasteiger charge is 2.35. The van der Waals surface area contributed by atoms with Crippen molar-refractivity contribution >= 4 is 22.4 Å². The molecule has 0 saturated carbocycles. The van der Waals surface area contributed by atoms with Crippen LogP contribution in [-0.2, 0) is 10.0 Å². The summed E-state index contributed by atoms with van der Waals surface area (Å²) in [4.78, 5) is 0.358. The van der Waals surface area contributed by atoms with Crippen LogP contribution in [0.1, 0.15) is 24.0 Å². The van der Waals surface area contributed by atoms with Gasteiger partial charge in [-0.3, -0.25) is 0 Å². The molecule has 1 aromatic rings. The number of nitrogens with two attached hydrogens (primary N) is 1. The Kier molecular flexibility index (Phi) is 6.04. The fourth-order valence-corrected chi connectivity index (χ4v) is 4.75. The maximum atomic E-state index is 12.8. The molecule has 120 valence electrons. The molecule has 1 atom stereocenters. The average molecular weight is 335 g/mol. The maximum absolute atomic E-state index is 12.8. The Bertz CT molecular complexity index is 604. The first-order valence-electron chi connectivity index (χ1n) is 6.79. The van der Waals surface area contributed by atoms with Crippen LogP contribution in [0.4, 0.5) is 0 Å². The second kappa shape index (κ2) is 6.96. The van der Waals surface area contributed by atoms with Crippen molar-refractivity contribution in [3.05, 3.63) is 23.3 Å². The lowest BCUT2D eigenvalue weighted by Gasteiger charge is -2.24. The minimum absolute atomic E-state index is 0. The van der Waals surface area contributed by atoms with Crippen LogP contribution in [0, 0.1) is 13.8 Å². The summed E-state index contributed by atoms with van der Waals surface area (Å²) in [5.74, 6) is 0.707. The van der Waals surface area contributed by atoms with E-state index in [2.05, 4.69) is 0 Å². The molecule has 0 aromatic heterocycles. The second-order valence-electron chi connectivity index (χ2n) is 5.23. The third kappa shape index (κ3) is 3.34. The zero-order valence-corrected chi connectivity index (χ0v) is 14.3. The van der Waals surface area contributed by atoms with Crippen LogP contribution in [0.15, 0.2) is 17.0 Å². The van der Waals surface area contributed by atoms with Crippen molar-refractivity contribution in [2.75, 3.05) is 20.2 Å². The van der Waals surface area contributed by atoms with Crippen molar-refractivity contribution in [3.63, 3.8) is 0 Å². The molecule has 1 aliphatic heterocycles. The number of methoxy groups -OCH3 is 1. The Morgan fingerprint density at radius 3 is 2.57 bits per heavy atom. The smallest absolute Gasteiger partial charge is 0.243 e. The Hall–Kier alpha value is -0.820. The fraction of sp³-hybridized carbons (Fsp3) is 0.571. The Balaban J connectivity index is 0.00000220. The molecule has 1 aliphatic rings. The molecule has 7 heteroatoms.